The Bertz CT molecular complexity index is 793. The Morgan fingerprint density at radius 2 is 2.32 bits per heavy atom. The number of aromatic amines is 1. The number of nitrogens with one attached hydrogen (secondary N) is 1. The summed E-state index contributed by atoms with van der Waals surface area (Å²) in [6.07, 6.45) is 3.99. The van der Waals surface area contributed by atoms with Crippen LogP contribution >= 0.6 is 0 Å². The van der Waals surface area contributed by atoms with Gasteiger partial charge in [-0.2, -0.15) is 5.26 Å². The van der Waals surface area contributed by atoms with E-state index in [0.29, 0.717) is 47.8 Å². The molecule has 0 aromatic carbocycles. The molecule has 132 valence electrons. The summed E-state index contributed by atoms with van der Waals surface area (Å²) >= 11 is 0. The quantitative estimate of drug-likeness (QED) is 0.713. The lowest BCUT2D eigenvalue weighted by Crippen LogP contribution is -2.28. The van der Waals surface area contributed by atoms with Crippen molar-refractivity contribution in [1.82, 2.24) is 15.0 Å². The summed E-state index contributed by atoms with van der Waals surface area (Å²) in [5.41, 5.74) is 8.50. The molecule has 2 aromatic rings. The van der Waals surface area contributed by atoms with E-state index in [1.54, 1.807) is 12.4 Å². The maximum absolute atomic E-state index is 10.8. The van der Waals surface area contributed by atoms with Gasteiger partial charge in [0.2, 0.25) is 0 Å². The van der Waals surface area contributed by atoms with E-state index >= 15 is 0 Å². The lowest BCUT2D eigenvalue weighted by Gasteiger charge is -2.35. The third-order valence-electron chi connectivity index (χ3n) is 4.46. The van der Waals surface area contributed by atoms with Gasteiger partial charge in [-0.25, -0.2) is 4.98 Å². The van der Waals surface area contributed by atoms with Crippen LogP contribution in [-0.4, -0.2) is 33.2 Å². The van der Waals surface area contributed by atoms with E-state index in [1.807, 2.05) is 0 Å². The molecule has 1 aliphatic carbocycles. The van der Waals surface area contributed by atoms with Gasteiger partial charge in [0.05, 0.1) is 30.6 Å². The van der Waals surface area contributed by atoms with E-state index in [0.717, 1.165) is 12.1 Å². The van der Waals surface area contributed by atoms with Gasteiger partial charge in [-0.3, -0.25) is 4.98 Å². The molecule has 25 heavy (non-hydrogen) atoms. The summed E-state index contributed by atoms with van der Waals surface area (Å²) in [5.74, 6) is 0.564. The van der Waals surface area contributed by atoms with Crippen LogP contribution in [0.4, 0.5) is 0 Å². The van der Waals surface area contributed by atoms with E-state index in [2.05, 4.69) is 34.9 Å². The summed E-state index contributed by atoms with van der Waals surface area (Å²) in [6, 6.07) is 2.23. The van der Waals surface area contributed by atoms with Gasteiger partial charge >= 0.3 is 0 Å². The number of fused-ring (bicyclic) bond motifs is 1. The molecule has 0 saturated carbocycles. The van der Waals surface area contributed by atoms with Gasteiger partial charge in [0.25, 0.3) is 0 Å². The van der Waals surface area contributed by atoms with Crippen LogP contribution in [0.2, 0.25) is 0 Å². The predicted molar refractivity (Wildman–Crippen MR) is 92.3 cm³/mol. The second kappa shape index (κ2) is 6.92. The highest BCUT2D eigenvalue weighted by Gasteiger charge is 2.36. The number of hydrogen-bond acceptors (Lipinski definition) is 6. The molecule has 0 saturated heterocycles. The Balaban J connectivity index is 2.20. The van der Waals surface area contributed by atoms with Crippen molar-refractivity contribution in [3.05, 3.63) is 34.9 Å². The number of aliphatic hydroxyl groups is 1. The zero-order chi connectivity index (χ0) is 18.0. The first-order valence-corrected chi connectivity index (χ1v) is 8.38. The van der Waals surface area contributed by atoms with Crippen molar-refractivity contribution in [2.75, 3.05) is 13.2 Å². The smallest absolute Gasteiger partial charge is 0.139 e. The topological polar surface area (TPSA) is 121 Å². The minimum absolute atomic E-state index is 0.0661. The highest BCUT2D eigenvalue weighted by molar-refractivity contribution is 5.71. The molecule has 0 radical (unpaired) electrons. The predicted octanol–water partition coefficient (Wildman–Crippen LogP) is 1.82. The number of nitrogens with two attached hydrogens (primary N) is 1. The molecule has 2 aromatic heterocycles. The van der Waals surface area contributed by atoms with Crippen LogP contribution in [0.3, 0.4) is 0 Å². The van der Waals surface area contributed by atoms with Crippen LogP contribution in [0.15, 0.2) is 12.4 Å². The molecule has 1 atom stereocenters. The normalized spacial score (nSPS) is 18.6. The third-order valence-corrected chi connectivity index (χ3v) is 4.46. The molecule has 0 amide bonds. The van der Waals surface area contributed by atoms with Crippen LogP contribution < -0.4 is 5.73 Å². The van der Waals surface area contributed by atoms with Crippen LogP contribution in [0, 0.1) is 16.7 Å². The van der Waals surface area contributed by atoms with Crippen LogP contribution in [0.25, 0.3) is 11.4 Å². The highest BCUT2D eigenvalue weighted by atomic mass is 16.5. The van der Waals surface area contributed by atoms with Gasteiger partial charge < -0.3 is 20.6 Å². The number of hydrogen-bond donors (Lipinski definition) is 3. The molecule has 3 rings (SSSR count). The van der Waals surface area contributed by atoms with Crippen molar-refractivity contribution in [2.45, 2.75) is 39.4 Å². The second-order valence-electron chi connectivity index (χ2n) is 7.12. The van der Waals surface area contributed by atoms with Gasteiger partial charge in [0.1, 0.15) is 11.9 Å². The van der Waals surface area contributed by atoms with E-state index in [1.165, 1.54) is 0 Å². The zero-order valence-electron chi connectivity index (χ0n) is 14.5. The molecule has 0 bridgehead atoms. The van der Waals surface area contributed by atoms with Crippen molar-refractivity contribution in [3.8, 4) is 17.5 Å². The first kappa shape index (κ1) is 17.5. The molecule has 1 unspecified atom stereocenters. The van der Waals surface area contributed by atoms with Gasteiger partial charge in [-0.15, -0.1) is 0 Å². The Morgan fingerprint density at radius 3 is 2.96 bits per heavy atom. The molecule has 7 nitrogen and oxygen atoms in total. The van der Waals surface area contributed by atoms with Gasteiger partial charge in [-0.05, 0) is 18.3 Å². The molecule has 0 spiro atoms. The molecule has 1 aliphatic rings. The summed E-state index contributed by atoms with van der Waals surface area (Å²) in [6.45, 7) is 5.22. The van der Waals surface area contributed by atoms with E-state index in [-0.39, 0.29) is 12.0 Å². The number of nitriles is 1. The SMILES string of the molecule is CC1(C)Cc2nc(COCCN)c(C#N)c(-c3ncc[nH]3)c2C(O)C1. The Labute approximate surface area is 146 Å². The number of aliphatic hydroxyl groups excluding tert-OH is 1. The molecular formula is C18H23N5O2. The number of nitrogens with zero attached hydrogens (tertiary/aromatic N) is 3. The highest BCUT2D eigenvalue weighted by Crippen LogP contribution is 2.44. The van der Waals surface area contributed by atoms with Crippen molar-refractivity contribution in [3.63, 3.8) is 0 Å². The standard InChI is InChI=1S/C18H23N5O2/c1-18(2)7-12-16(14(24)8-18)15(17-21-4-5-22-17)11(9-20)13(23-12)10-25-6-3-19/h4-5,14,24H,3,6-8,10,19H2,1-2H3,(H,21,22). The first-order chi connectivity index (χ1) is 12.0. The Kier molecular flexibility index (Phi) is 4.86. The van der Waals surface area contributed by atoms with Crippen molar-refractivity contribution in [1.29, 1.82) is 5.26 Å². The average molecular weight is 341 g/mol. The summed E-state index contributed by atoms with van der Waals surface area (Å²) < 4.78 is 5.52. The van der Waals surface area contributed by atoms with Gasteiger partial charge in [0.15, 0.2) is 0 Å². The first-order valence-electron chi connectivity index (χ1n) is 8.38. The van der Waals surface area contributed by atoms with Crippen LogP contribution in [0.1, 0.15) is 48.9 Å². The summed E-state index contributed by atoms with van der Waals surface area (Å²) in [5, 5.41) is 20.5. The minimum Gasteiger partial charge on any atom is -0.388 e. The van der Waals surface area contributed by atoms with Crippen LogP contribution in [-0.2, 0) is 17.8 Å². The number of pyridine rings is 1. The van der Waals surface area contributed by atoms with Crippen molar-refractivity contribution >= 4 is 0 Å². The second-order valence-corrected chi connectivity index (χ2v) is 7.12. The number of rotatable bonds is 5. The molecular weight excluding hydrogens is 318 g/mol. The molecule has 7 heteroatoms. The number of ether oxygens (including phenoxy) is 1. The maximum atomic E-state index is 10.8. The van der Waals surface area contributed by atoms with E-state index < -0.39 is 6.10 Å². The molecule has 2 heterocycles. The molecule has 0 aliphatic heterocycles. The number of aromatic nitrogens is 3. The monoisotopic (exact) mass is 341 g/mol. The average Bonchev–Trinajstić information content (AvgIpc) is 3.06. The van der Waals surface area contributed by atoms with E-state index in [4.69, 9.17) is 10.5 Å². The lowest BCUT2D eigenvalue weighted by molar-refractivity contribution is 0.0972. The third kappa shape index (κ3) is 3.42. The summed E-state index contributed by atoms with van der Waals surface area (Å²) in [4.78, 5) is 12.0. The van der Waals surface area contributed by atoms with Crippen molar-refractivity contribution < 1.29 is 9.84 Å². The fourth-order valence-electron chi connectivity index (χ4n) is 3.47. The number of imidazole rings is 1. The zero-order valence-corrected chi connectivity index (χ0v) is 14.5. The Morgan fingerprint density at radius 1 is 1.52 bits per heavy atom. The fourth-order valence-corrected chi connectivity index (χ4v) is 3.47. The maximum Gasteiger partial charge on any atom is 0.139 e. The fraction of sp³-hybridized carbons (Fsp3) is 0.500. The lowest BCUT2D eigenvalue weighted by atomic mass is 9.73. The molecule has 0 fully saturated rings. The van der Waals surface area contributed by atoms with Gasteiger partial charge in [0, 0.05) is 35.8 Å². The molecule has 4 N–H and O–H groups in total. The summed E-state index contributed by atoms with van der Waals surface area (Å²) in [7, 11) is 0. The Hall–Kier alpha value is -2.27. The largest absolute Gasteiger partial charge is 0.388 e. The number of H-pyrrole nitrogens is 1. The van der Waals surface area contributed by atoms with E-state index in [9.17, 15) is 10.4 Å². The van der Waals surface area contributed by atoms with Crippen molar-refractivity contribution in [2.24, 2.45) is 11.1 Å². The van der Waals surface area contributed by atoms with Gasteiger partial charge in [-0.1, -0.05) is 13.8 Å². The van der Waals surface area contributed by atoms with Crippen LogP contribution in [0.5, 0.6) is 0 Å². The minimum atomic E-state index is -0.683.